The van der Waals surface area contributed by atoms with Gasteiger partial charge in [-0.2, -0.15) is 0 Å². The molecule has 1 aromatic rings. The van der Waals surface area contributed by atoms with E-state index in [1.807, 2.05) is 12.1 Å². The van der Waals surface area contributed by atoms with Crippen molar-refractivity contribution in [2.45, 2.75) is 38.7 Å². The monoisotopic (exact) mass is 253 g/mol. The molecule has 1 fully saturated rings. The van der Waals surface area contributed by atoms with E-state index >= 15 is 0 Å². The molecule has 0 saturated carbocycles. The highest BCUT2D eigenvalue weighted by Crippen LogP contribution is 2.30. The minimum absolute atomic E-state index is 0.0575. The SMILES string of the molecule is CC(C)(C)c1ccc(C(=O)N2CCC(O)C2)s1. The van der Waals surface area contributed by atoms with Crippen LogP contribution < -0.4 is 0 Å². The van der Waals surface area contributed by atoms with E-state index in [0.717, 1.165) is 4.88 Å². The van der Waals surface area contributed by atoms with E-state index in [1.54, 1.807) is 16.2 Å². The molecule has 1 aliphatic heterocycles. The minimum Gasteiger partial charge on any atom is -0.391 e. The number of hydrogen-bond donors (Lipinski definition) is 1. The van der Waals surface area contributed by atoms with E-state index < -0.39 is 0 Å². The molecule has 0 bridgehead atoms. The number of thiophene rings is 1. The normalized spacial score (nSPS) is 20.9. The number of carbonyl (C=O) groups excluding carboxylic acids is 1. The average Bonchev–Trinajstić information content (AvgIpc) is 2.83. The van der Waals surface area contributed by atoms with Gasteiger partial charge in [0.25, 0.3) is 5.91 Å². The molecule has 0 aliphatic carbocycles. The zero-order chi connectivity index (χ0) is 12.6. The topological polar surface area (TPSA) is 40.5 Å². The first-order valence-corrected chi connectivity index (χ1v) is 6.77. The van der Waals surface area contributed by atoms with Crippen LogP contribution in [0, 0.1) is 0 Å². The third-order valence-electron chi connectivity index (χ3n) is 3.01. The third-order valence-corrected chi connectivity index (χ3v) is 4.51. The van der Waals surface area contributed by atoms with Crippen molar-refractivity contribution in [3.63, 3.8) is 0 Å². The van der Waals surface area contributed by atoms with E-state index in [2.05, 4.69) is 20.8 Å². The molecule has 94 valence electrons. The van der Waals surface area contributed by atoms with Crippen LogP contribution in [0.5, 0.6) is 0 Å². The number of aliphatic hydroxyl groups is 1. The second-order valence-corrected chi connectivity index (χ2v) is 6.69. The highest BCUT2D eigenvalue weighted by molar-refractivity contribution is 7.14. The van der Waals surface area contributed by atoms with E-state index in [1.165, 1.54) is 4.88 Å². The van der Waals surface area contributed by atoms with Crippen molar-refractivity contribution in [3.05, 3.63) is 21.9 Å². The molecule has 0 aromatic carbocycles. The maximum absolute atomic E-state index is 12.2. The van der Waals surface area contributed by atoms with Gasteiger partial charge in [0.05, 0.1) is 11.0 Å². The fourth-order valence-corrected chi connectivity index (χ4v) is 2.97. The fourth-order valence-electron chi connectivity index (χ4n) is 1.94. The van der Waals surface area contributed by atoms with E-state index in [-0.39, 0.29) is 17.4 Å². The molecule has 0 spiro atoms. The van der Waals surface area contributed by atoms with Crippen LogP contribution in [-0.4, -0.2) is 35.1 Å². The Hall–Kier alpha value is -0.870. The van der Waals surface area contributed by atoms with Crippen molar-refractivity contribution in [1.82, 2.24) is 4.90 Å². The first kappa shape index (κ1) is 12.6. The van der Waals surface area contributed by atoms with Gasteiger partial charge in [-0.25, -0.2) is 0 Å². The van der Waals surface area contributed by atoms with Crippen LogP contribution in [0.3, 0.4) is 0 Å². The van der Waals surface area contributed by atoms with Gasteiger partial charge in [-0.1, -0.05) is 20.8 Å². The Morgan fingerprint density at radius 1 is 1.47 bits per heavy atom. The molecule has 1 aliphatic rings. The Balaban J connectivity index is 2.13. The van der Waals surface area contributed by atoms with Crippen LogP contribution in [0.4, 0.5) is 0 Å². The van der Waals surface area contributed by atoms with Crippen molar-refractivity contribution < 1.29 is 9.90 Å². The molecule has 17 heavy (non-hydrogen) atoms. The number of β-amino-alcohol motifs (C(OH)–C–C–N with tert-alkyl or cyclic N) is 1. The zero-order valence-corrected chi connectivity index (χ0v) is 11.4. The Morgan fingerprint density at radius 3 is 2.65 bits per heavy atom. The number of aliphatic hydroxyl groups excluding tert-OH is 1. The summed E-state index contributed by atoms with van der Waals surface area (Å²) in [5.41, 5.74) is 0.0910. The van der Waals surface area contributed by atoms with Gasteiger partial charge in [-0.3, -0.25) is 4.79 Å². The molecule has 4 heteroatoms. The van der Waals surface area contributed by atoms with Crippen LogP contribution in [0.15, 0.2) is 12.1 Å². The number of likely N-dealkylation sites (tertiary alicyclic amines) is 1. The summed E-state index contributed by atoms with van der Waals surface area (Å²) >= 11 is 1.56. The highest BCUT2D eigenvalue weighted by Gasteiger charge is 2.27. The molecule has 1 N–H and O–H groups in total. The first-order valence-electron chi connectivity index (χ1n) is 5.95. The third kappa shape index (κ3) is 2.69. The van der Waals surface area contributed by atoms with E-state index in [0.29, 0.717) is 19.5 Å². The summed E-state index contributed by atoms with van der Waals surface area (Å²) in [4.78, 5) is 15.9. The molecule has 1 unspecified atom stereocenters. The molecule has 1 atom stereocenters. The van der Waals surface area contributed by atoms with Crippen molar-refractivity contribution in [2.24, 2.45) is 0 Å². The Labute approximate surface area is 106 Å². The summed E-state index contributed by atoms with van der Waals surface area (Å²) in [5.74, 6) is 0.0575. The molecule has 1 saturated heterocycles. The Kier molecular flexibility index (Phi) is 3.27. The van der Waals surface area contributed by atoms with Gasteiger partial charge < -0.3 is 10.0 Å². The van der Waals surface area contributed by atoms with Crippen molar-refractivity contribution >= 4 is 17.2 Å². The van der Waals surface area contributed by atoms with Gasteiger partial charge in [0.15, 0.2) is 0 Å². The van der Waals surface area contributed by atoms with E-state index in [4.69, 9.17) is 0 Å². The van der Waals surface area contributed by atoms with Crippen LogP contribution in [0.1, 0.15) is 41.7 Å². The highest BCUT2D eigenvalue weighted by atomic mass is 32.1. The standard InChI is InChI=1S/C13H19NO2S/c1-13(2,3)11-5-4-10(17-11)12(16)14-7-6-9(15)8-14/h4-5,9,15H,6-8H2,1-3H3. The predicted molar refractivity (Wildman–Crippen MR) is 69.5 cm³/mol. The summed E-state index contributed by atoms with van der Waals surface area (Å²) in [7, 11) is 0. The quantitative estimate of drug-likeness (QED) is 0.834. The Bertz CT molecular complexity index is 419. The summed E-state index contributed by atoms with van der Waals surface area (Å²) in [6, 6.07) is 3.93. The van der Waals surface area contributed by atoms with Gasteiger partial charge in [-0.05, 0) is 24.0 Å². The molecule has 0 radical (unpaired) electrons. The summed E-state index contributed by atoms with van der Waals surface area (Å²) < 4.78 is 0. The first-order chi connectivity index (χ1) is 7.88. The maximum Gasteiger partial charge on any atom is 0.264 e. The zero-order valence-electron chi connectivity index (χ0n) is 10.6. The van der Waals surface area contributed by atoms with Crippen molar-refractivity contribution in [2.75, 3.05) is 13.1 Å². The molecule has 1 aromatic heterocycles. The van der Waals surface area contributed by atoms with Crippen LogP contribution >= 0.6 is 11.3 Å². The van der Waals surface area contributed by atoms with Crippen LogP contribution in [0.2, 0.25) is 0 Å². The van der Waals surface area contributed by atoms with Crippen LogP contribution in [-0.2, 0) is 5.41 Å². The van der Waals surface area contributed by atoms with Gasteiger partial charge in [0.1, 0.15) is 0 Å². The van der Waals surface area contributed by atoms with E-state index in [9.17, 15) is 9.90 Å². The number of rotatable bonds is 1. The Morgan fingerprint density at radius 2 is 2.18 bits per heavy atom. The summed E-state index contributed by atoms with van der Waals surface area (Å²) in [5, 5.41) is 9.44. The second-order valence-electron chi connectivity index (χ2n) is 5.61. The predicted octanol–water partition coefficient (Wildman–Crippen LogP) is 2.25. The fraction of sp³-hybridized carbons (Fsp3) is 0.615. The lowest BCUT2D eigenvalue weighted by atomic mass is 9.95. The van der Waals surface area contributed by atoms with Gasteiger partial charge in [-0.15, -0.1) is 11.3 Å². The molecular formula is C13H19NO2S. The van der Waals surface area contributed by atoms with Gasteiger partial charge in [0, 0.05) is 18.0 Å². The smallest absolute Gasteiger partial charge is 0.264 e. The number of hydrogen-bond acceptors (Lipinski definition) is 3. The lowest BCUT2D eigenvalue weighted by Gasteiger charge is -2.16. The van der Waals surface area contributed by atoms with Gasteiger partial charge >= 0.3 is 0 Å². The van der Waals surface area contributed by atoms with Crippen molar-refractivity contribution in [3.8, 4) is 0 Å². The molecular weight excluding hydrogens is 234 g/mol. The van der Waals surface area contributed by atoms with Crippen LogP contribution in [0.25, 0.3) is 0 Å². The average molecular weight is 253 g/mol. The number of amides is 1. The molecule has 1 amide bonds. The number of carbonyl (C=O) groups is 1. The lowest BCUT2D eigenvalue weighted by molar-refractivity contribution is 0.0769. The number of nitrogens with zero attached hydrogens (tertiary/aromatic N) is 1. The summed E-state index contributed by atoms with van der Waals surface area (Å²) in [6.45, 7) is 7.58. The largest absolute Gasteiger partial charge is 0.391 e. The molecule has 2 heterocycles. The van der Waals surface area contributed by atoms with Crippen molar-refractivity contribution in [1.29, 1.82) is 0 Å². The second kappa shape index (κ2) is 4.42. The summed E-state index contributed by atoms with van der Waals surface area (Å²) in [6.07, 6.45) is 0.351. The molecule has 3 nitrogen and oxygen atoms in total. The minimum atomic E-state index is -0.346. The van der Waals surface area contributed by atoms with Gasteiger partial charge in [0.2, 0.25) is 0 Å². The maximum atomic E-state index is 12.2. The molecule has 2 rings (SSSR count). The lowest BCUT2D eigenvalue weighted by Crippen LogP contribution is -2.28.